The molecule has 0 fully saturated rings. The number of halogens is 3. The fraction of sp³-hybridized carbons (Fsp3) is 0.235. The zero-order valence-electron chi connectivity index (χ0n) is 14.2. The Morgan fingerprint density at radius 2 is 1.78 bits per heavy atom. The van der Waals surface area contributed by atoms with E-state index in [-0.39, 0.29) is 10.5 Å². The number of sulfonamides is 1. The molecule has 0 saturated carbocycles. The number of rotatable bonds is 7. The minimum atomic E-state index is -4.53. The molecule has 0 bridgehead atoms. The number of hydrogen-bond donors (Lipinski definition) is 2. The molecule has 1 amide bonds. The lowest BCUT2D eigenvalue weighted by Gasteiger charge is -2.11. The molecule has 6 nitrogen and oxygen atoms in total. The standard InChI is InChI=1S/C17H17F3N2O4S/c1-2-26-14-6-8-15(9-7-14)27(24,25)22-21-16(23)11-12-4-3-5-13(10-12)17(18,19)20/h3-10,22H,2,11H2,1H3,(H,21,23). The van der Waals surface area contributed by atoms with Crippen LogP contribution in [-0.4, -0.2) is 20.9 Å². The van der Waals surface area contributed by atoms with Crippen LogP contribution in [0, 0.1) is 0 Å². The number of nitrogens with one attached hydrogen (secondary N) is 2. The highest BCUT2D eigenvalue weighted by molar-refractivity contribution is 7.89. The van der Waals surface area contributed by atoms with Gasteiger partial charge in [-0.25, -0.2) is 8.42 Å². The summed E-state index contributed by atoms with van der Waals surface area (Å²) in [5.41, 5.74) is 1.19. The van der Waals surface area contributed by atoms with Crippen LogP contribution in [0.15, 0.2) is 53.4 Å². The van der Waals surface area contributed by atoms with Crippen molar-refractivity contribution in [3.63, 3.8) is 0 Å². The second-order valence-electron chi connectivity index (χ2n) is 5.43. The summed E-state index contributed by atoms with van der Waals surface area (Å²) in [7, 11) is -4.03. The Balaban J connectivity index is 1.98. The van der Waals surface area contributed by atoms with Crippen molar-refractivity contribution in [3.8, 4) is 5.75 Å². The molecule has 0 saturated heterocycles. The highest BCUT2D eigenvalue weighted by Gasteiger charge is 2.30. The van der Waals surface area contributed by atoms with E-state index in [0.717, 1.165) is 12.1 Å². The lowest BCUT2D eigenvalue weighted by molar-refractivity contribution is -0.137. The molecular formula is C17H17F3N2O4S. The third kappa shape index (κ3) is 5.97. The Hall–Kier alpha value is -2.59. The average molecular weight is 402 g/mol. The van der Waals surface area contributed by atoms with Gasteiger partial charge in [-0.05, 0) is 42.8 Å². The molecule has 0 radical (unpaired) electrons. The molecule has 0 heterocycles. The van der Waals surface area contributed by atoms with E-state index in [9.17, 15) is 26.4 Å². The first-order valence-electron chi connectivity index (χ1n) is 7.81. The molecular weight excluding hydrogens is 385 g/mol. The van der Waals surface area contributed by atoms with Gasteiger partial charge >= 0.3 is 6.18 Å². The summed E-state index contributed by atoms with van der Waals surface area (Å²) in [5, 5.41) is 0. The first-order valence-corrected chi connectivity index (χ1v) is 9.30. The summed E-state index contributed by atoms with van der Waals surface area (Å²) >= 11 is 0. The van der Waals surface area contributed by atoms with Crippen molar-refractivity contribution < 1.29 is 31.1 Å². The van der Waals surface area contributed by atoms with Crippen molar-refractivity contribution in [2.75, 3.05) is 6.61 Å². The van der Waals surface area contributed by atoms with Gasteiger partial charge in [-0.3, -0.25) is 10.2 Å². The van der Waals surface area contributed by atoms with Crippen LogP contribution in [0.4, 0.5) is 13.2 Å². The minimum Gasteiger partial charge on any atom is -0.494 e. The van der Waals surface area contributed by atoms with E-state index in [2.05, 4.69) is 0 Å². The Kier molecular flexibility index (Phi) is 6.45. The van der Waals surface area contributed by atoms with E-state index in [4.69, 9.17) is 4.74 Å². The molecule has 146 valence electrons. The Morgan fingerprint density at radius 3 is 2.37 bits per heavy atom. The van der Waals surface area contributed by atoms with Crippen LogP contribution in [0.3, 0.4) is 0 Å². The predicted molar refractivity (Wildman–Crippen MR) is 91.2 cm³/mol. The molecule has 0 aliphatic heterocycles. The zero-order chi connectivity index (χ0) is 20.1. The maximum atomic E-state index is 12.7. The molecule has 0 aromatic heterocycles. The quantitative estimate of drug-likeness (QED) is 0.698. The van der Waals surface area contributed by atoms with Gasteiger partial charge in [0, 0.05) is 0 Å². The van der Waals surface area contributed by atoms with Gasteiger partial charge in [-0.1, -0.05) is 18.2 Å². The molecule has 2 rings (SSSR count). The molecule has 27 heavy (non-hydrogen) atoms. The van der Waals surface area contributed by atoms with Crippen LogP contribution < -0.4 is 15.0 Å². The summed E-state index contributed by atoms with van der Waals surface area (Å²) in [6.45, 7) is 2.21. The number of benzene rings is 2. The summed E-state index contributed by atoms with van der Waals surface area (Å²) < 4.78 is 67.5. The van der Waals surface area contributed by atoms with Crippen LogP contribution in [-0.2, 0) is 27.4 Å². The van der Waals surface area contributed by atoms with E-state index in [1.54, 1.807) is 6.92 Å². The fourth-order valence-corrected chi connectivity index (χ4v) is 3.01. The smallest absolute Gasteiger partial charge is 0.416 e. The largest absolute Gasteiger partial charge is 0.494 e. The van der Waals surface area contributed by atoms with E-state index >= 15 is 0 Å². The number of hydrogen-bond acceptors (Lipinski definition) is 4. The molecule has 0 spiro atoms. The van der Waals surface area contributed by atoms with Gasteiger partial charge in [0.05, 0.1) is 23.5 Å². The second kappa shape index (κ2) is 8.40. The summed E-state index contributed by atoms with van der Waals surface area (Å²) in [4.78, 5) is 13.6. The van der Waals surface area contributed by atoms with Crippen LogP contribution in [0.25, 0.3) is 0 Å². The van der Waals surface area contributed by atoms with Gasteiger partial charge in [0.2, 0.25) is 5.91 Å². The number of ether oxygens (including phenoxy) is 1. The van der Waals surface area contributed by atoms with Gasteiger partial charge < -0.3 is 4.74 Å². The Labute approximate surface area is 154 Å². The number of carbonyl (C=O) groups is 1. The van der Waals surface area contributed by atoms with Crippen molar-refractivity contribution in [3.05, 3.63) is 59.7 Å². The first-order chi connectivity index (χ1) is 12.6. The fourth-order valence-electron chi connectivity index (χ4n) is 2.15. The van der Waals surface area contributed by atoms with Crippen LogP contribution in [0.2, 0.25) is 0 Å². The van der Waals surface area contributed by atoms with Gasteiger partial charge in [0.1, 0.15) is 5.75 Å². The van der Waals surface area contributed by atoms with Gasteiger partial charge in [0.25, 0.3) is 10.0 Å². The molecule has 0 aliphatic carbocycles. The second-order valence-corrected chi connectivity index (χ2v) is 7.12. The van der Waals surface area contributed by atoms with Crippen molar-refractivity contribution in [2.24, 2.45) is 0 Å². The molecule has 0 unspecified atom stereocenters. The van der Waals surface area contributed by atoms with E-state index < -0.39 is 34.1 Å². The monoisotopic (exact) mass is 402 g/mol. The summed E-state index contributed by atoms with van der Waals surface area (Å²) in [6.07, 6.45) is -4.95. The van der Waals surface area contributed by atoms with Gasteiger partial charge in [0.15, 0.2) is 0 Å². The Bertz CT molecular complexity index is 897. The van der Waals surface area contributed by atoms with Crippen molar-refractivity contribution in [2.45, 2.75) is 24.4 Å². The normalized spacial score (nSPS) is 11.9. The van der Waals surface area contributed by atoms with E-state index in [1.807, 2.05) is 10.3 Å². The van der Waals surface area contributed by atoms with Crippen molar-refractivity contribution in [1.82, 2.24) is 10.3 Å². The Morgan fingerprint density at radius 1 is 1.11 bits per heavy atom. The topological polar surface area (TPSA) is 84.5 Å². The number of alkyl halides is 3. The van der Waals surface area contributed by atoms with Crippen LogP contribution in [0.1, 0.15) is 18.1 Å². The minimum absolute atomic E-state index is 0.0996. The molecule has 2 aromatic rings. The SMILES string of the molecule is CCOc1ccc(S(=O)(=O)NNC(=O)Cc2cccc(C(F)(F)F)c2)cc1. The maximum Gasteiger partial charge on any atom is 0.416 e. The predicted octanol–water partition coefficient (Wildman–Crippen LogP) is 2.66. The van der Waals surface area contributed by atoms with Gasteiger partial charge in [-0.2, -0.15) is 13.2 Å². The number of carbonyl (C=O) groups excluding carboxylic acids is 1. The van der Waals surface area contributed by atoms with Crippen LogP contribution in [0.5, 0.6) is 5.75 Å². The van der Waals surface area contributed by atoms with Crippen LogP contribution >= 0.6 is 0 Å². The van der Waals surface area contributed by atoms with Crippen molar-refractivity contribution >= 4 is 15.9 Å². The van der Waals surface area contributed by atoms with E-state index in [0.29, 0.717) is 12.4 Å². The zero-order valence-corrected chi connectivity index (χ0v) is 15.0. The molecule has 0 atom stereocenters. The summed E-state index contributed by atoms with van der Waals surface area (Å²) in [6, 6.07) is 9.76. The van der Waals surface area contributed by atoms with E-state index in [1.165, 1.54) is 36.4 Å². The lowest BCUT2D eigenvalue weighted by atomic mass is 10.1. The van der Waals surface area contributed by atoms with Gasteiger partial charge in [-0.15, -0.1) is 4.83 Å². The maximum absolute atomic E-state index is 12.7. The summed E-state index contributed by atoms with van der Waals surface area (Å²) in [5.74, 6) is -0.311. The molecule has 2 N–H and O–H groups in total. The molecule has 2 aromatic carbocycles. The number of hydrazine groups is 1. The lowest BCUT2D eigenvalue weighted by Crippen LogP contribution is -2.42. The third-order valence-corrected chi connectivity index (χ3v) is 4.65. The average Bonchev–Trinajstić information content (AvgIpc) is 2.60. The third-order valence-electron chi connectivity index (χ3n) is 3.39. The highest BCUT2D eigenvalue weighted by Crippen LogP contribution is 2.29. The molecule has 0 aliphatic rings. The molecule has 10 heteroatoms. The van der Waals surface area contributed by atoms with Crippen molar-refractivity contribution in [1.29, 1.82) is 0 Å². The highest BCUT2D eigenvalue weighted by atomic mass is 32.2. The first kappa shape index (κ1) is 20.7. The number of amides is 1.